The van der Waals surface area contributed by atoms with Gasteiger partial charge < -0.3 is 19.7 Å². The quantitative estimate of drug-likeness (QED) is 0.654. The number of anilines is 1. The van der Waals surface area contributed by atoms with Gasteiger partial charge >= 0.3 is 0 Å². The first-order valence-corrected chi connectivity index (χ1v) is 10.3. The number of nitrogens with one attached hydrogen (secondary N) is 1. The van der Waals surface area contributed by atoms with E-state index in [0.717, 1.165) is 69.7 Å². The molecule has 0 radical (unpaired) electrons. The first kappa shape index (κ1) is 17.3. The van der Waals surface area contributed by atoms with Crippen LogP contribution in [0, 0.1) is 12.8 Å². The van der Waals surface area contributed by atoms with Crippen LogP contribution in [0.1, 0.15) is 18.1 Å². The van der Waals surface area contributed by atoms with Gasteiger partial charge in [-0.25, -0.2) is 0 Å². The second-order valence-electron chi connectivity index (χ2n) is 7.03. The predicted molar refractivity (Wildman–Crippen MR) is 106 cm³/mol. The molecule has 2 aromatic rings. The molecule has 0 aromatic carbocycles. The van der Waals surface area contributed by atoms with Crippen molar-refractivity contribution in [3.8, 4) is 0 Å². The van der Waals surface area contributed by atoms with Crippen molar-refractivity contribution in [1.82, 2.24) is 25.0 Å². The van der Waals surface area contributed by atoms with Gasteiger partial charge in [0.1, 0.15) is 11.6 Å². The van der Waals surface area contributed by atoms with Gasteiger partial charge in [0.2, 0.25) is 0 Å². The molecule has 1 saturated heterocycles. The van der Waals surface area contributed by atoms with Crippen molar-refractivity contribution >= 4 is 22.3 Å². The Kier molecular flexibility index (Phi) is 5.10. The maximum absolute atomic E-state index is 4.52. The molecule has 1 unspecified atom stereocenters. The molecule has 0 saturated carbocycles. The number of aromatic nitrogens is 3. The first-order valence-electron chi connectivity index (χ1n) is 9.37. The Morgan fingerprint density at radius 3 is 2.88 bits per heavy atom. The summed E-state index contributed by atoms with van der Waals surface area (Å²) in [4.78, 5) is 9.36. The molecule has 2 aliphatic heterocycles. The number of nitrogens with zero attached hydrogens (tertiary/aromatic N) is 6. The molecule has 26 heavy (non-hydrogen) atoms. The summed E-state index contributed by atoms with van der Waals surface area (Å²) in [5, 5.41) is 15.6. The van der Waals surface area contributed by atoms with Crippen LogP contribution >= 0.6 is 11.3 Å². The van der Waals surface area contributed by atoms with Gasteiger partial charge in [-0.15, -0.1) is 21.5 Å². The summed E-state index contributed by atoms with van der Waals surface area (Å²) < 4.78 is 2.26. The van der Waals surface area contributed by atoms with Gasteiger partial charge in [-0.05, 0) is 36.8 Å². The Morgan fingerprint density at radius 2 is 2.15 bits per heavy atom. The highest BCUT2D eigenvalue weighted by atomic mass is 32.1. The molecule has 1 atom stereocenters. The second kappa shape index (κ2) is 7.65. The zero-order chi connectivity index (χ0) is 17.9. The number of hydrogen-bond acceptors (Lipinski definition) is 5. The van der Waals surface area contributed by atoms with E-state index in [4.69, 9.17) is 0 Å². The Bertz CT molecular complexity index is 744. The summed E-state index contributed by atoms with van der Waals surface area (Å²) in [6.45, 7) is 8.12. The predicted octanol–water partition coefficient (Wildman–Crippen LogP) is 1.61. The average Bonchev–Trinajstić information content (AvgIpc) is 3.33. The van der Waals surface area contributed by atoms with Crippen molar-refractivity contribution in [3.05, 3.63) is 29.2 Å². The van der Waals surface area contributed by atoms with Gasteiger partial charge in [0.15, 0.2) is 5.96 Å². The fourth-order valence-electron chi connectivity index (χ4n) is 3.85. The molecule has 4 heterocycles. The topological polar surface area (TPSA) is 61.6 Å². The Labute approximate surface area is 158 Å². The van der Waals surface area contributed by atoms with Crippen LogP contribution in [0.15, 0.2) is 22.5 Å². The van der Waals surface area contributed by atoms with E-state index in [1.54, 1.807) is 0 Å². The van der Waals surface area contributed by atoms with Crippen molar-refractivity contribution in [2.24, 2.45) is 10.9 Å². The monoisotopic (exact) mass is 373 g/mol. The minimum atomic E-state index is 0.598. The summed E-state index contributed by atoms with van der Waals surface area (Å²) >= 11 is 1.82. The Balaban J connectivity index is 1.28. The van der Waals surface area contributed by atoms with E-state index in [0.29, 0.717) is 5.92 Å². The lowest BCUT2D eigenvalue weighted by Crippen LogP contribution is -2.53. The van der Waals surface area contributed by atoms with Crippen LogP contribution < -0.4 is 10.2 Å². The number of aliphatic imine (C=N–C) groups is 1. The standard InChI is InChI=1S/C18H27N7S/c1-14-21-22-16-6-5-15(13-25(14)16)12-20-18(19-2)24-9-7-23(8-10-24)17-4-3-11-26-17/h3-4,11,15H,5-10,12-13H2,1-2H3,(H,19,20). The molecule has 7 nitrogen and oxygen atoms in total. The third kappa shape index (κ3) is 3.56. The molecule has 8 heteroatoms. The van der Waals surface area contributed by atoms with Gasteiger partial charge in [0.05, 0.1) is 5.00 Å². The molecular formula is C18H27N7S. The summed E-state index contributed by atoms with van der Waals surface area (Å²) in [7, 11) is 1.89. The average molecular weight is 374 g/mol. The molecule has 1 fully saturated rings. The molecule has 0 spiro atoms. The Morgan fingerprint density at radius 1 is 1.31 bits per heavy atom. The molecule has 0 bridgehead atoms. The van der Waals surface area contributed by atoms with Crippen LogP contribution in [0.25, 0.3) is 0 Å². The number of aryl methyl sites for hydroxylation is 2. The number of thiophene rings is 1. The number of hydrogen-bond donors (Lipinski definition) is 1. The highest BCUT2D eigenvalue weighted by Crippen LogP contribution is 2.22. The number of fused-ring (bicyclic) bond motifs is 1. The van der Waals surface area contributed by atoms with Gasteiger partial charge in [-0.3, -0.25) is 4.99 Å². The summed E-state index contributed by atoms with van der Waals surface area (Å²) in [6.07, 6.45) is 2.18. The van der Waals surface area contributed by atoms with E-state index < -0.39 is 0 Å². The lowest BCUT2D eigenvalue weighted by Gasteiger charge is -2.37. The molecule has 0 aliphatic carbocycles. The van der Waals surface area contributed by atoms with Crippen molar-refractivity contribution < 1.29 is 0 Å². The fraction of sp³-hybridized carbons (Fsp3) is 0.611. The lowest BCUT2D eigenvalue weighted by atomic mass is 9.99. The summed E-state index contributed by atoms with van der Waals surface area (Å²) in [5.41, 5.74) is 0. The number of guanidine groups is 1. The third-order valence-electron chi connectivity index (χ3n) is 5.39. The van der Waals surface area contributed by atoms with Crippen LogP contribution in [0.5, 0.6) is 0 Å². The normalized spacial score (nSPS) is 21.0. The van der Waals surface area contributed by atoms with Gasteiger partial charge in [0, 0.05) is 52.7 Å². The molecule has 2 aliphatic rings. The minimum absolute atomic E-state index is 0.598. The van der Waals surface area contributed by atoms with Gasteiger partial charge in [-0.2, -0.15) is 0 Å². The highest BCUT2D eigenvalue weighted by Gasteiger charge is 2.24. The molecule has 140 valence electrons. The maximum Gasteiger partial charge on any atom is 0.193 e. The van der Waals surface area contributed by atoms with Gasteiger partial charge in [-0.1, -0.05) is 0 Å². The first-order chi connectivity index (χ1) is 12.7. The van der Waals surface area contributed by atoms with Crippen LogP contribution in [0.2, 0.25) is 0 Å². The van der Waals surface area contributed by atoms with Gasteiger partial charge in [0.25, 0.3) is 0 Å². The molecule has 0 amide bonds. The number of rotatable bonds is 3. The molecular weight excluding hydrogens is 346 g/mol. The van der Waals surface area contributed by atoms with E-state index in [2.05, 4.69) is 52.4 Å². The van der Waals surface area contributed by atoms with Crippen LogP contribution in [-0.2, 0) is 13.0 Å². The van der Waals surface area contributed by atoms with E-state index in [1.807, 2.05) is 25.3 Å². The minimum Gasteiger partial charge on any atom is -0.360 e. The Hall–Kier alpha value is -2.09. The van der Waals surface area contributed by atoms with E-state index >= 15 is 0 Å². The number of piperazine rings is 1. The highest BCUT2D eigenvalue weighted by molar-refractivity contribution is 7.14. The van der Waals surface area contributed by atoms with Crippen molar-refractivity contribution in [2.45, 2.75) is 26.3 Å². The fourth-order valence-corrected chi connectivity index (χ4v) is 4.64. The summed E-state index contributed by atoms with van der Waals surface area (Å²) in [5.74, 6) is 3.79. The molecule has 1 N–H and O–H groups in total. The van der Waals surface area contributed by atoms with Crippen molar-refractivity contribution in [3.63, 3.8) is 0 Å². The van der Waals surface area contributed by atoms with Crippen LogP contribution in [0.4, 0.5) is 5.00 Å². The van der Waals surface area contributed by atoms with E-state index in [1.165, 1.54) is 5.00 Å². The third-order valence-corrected chi connectivity index (χ3v) is 6.32. The second-order valence-corrected chi connectivity index (χ2v) is 7.96. The van der Waals surface area contributed by atoms with E-state index in [9.17, 15) is 0 Å². The molecule has 2 aromatic heterocycles. The van der Waals surface area contributed by atoms with Crippen molar-refractivity contribution in [2.75, 3.05) is 44.7 Å². The largest absolute Gasteiger partial charge is 0.360 e. The molecule has 4 rings (SSSR count). The van der Waals surface area contributed by atoms with Crippen LogP contribution in [0.3, 0.4) is 0 Å². The van der Waals surface area contributed by atoms with Crippen LogP contribution in [-0.4, -0.2) is 65.4 Å². The zero-order valence-corrected chi connectivity index (χ0v) is 16.4. The maximum atomic E-state index is 4.52. The lowest BCUT2D eigenvalue weighted by molar-refractivity contribution is 0.339. The zero-order valence-electron chi connectivity index (χ0n) is 15.6. The SMILES string of the molecule is CN=C(NCC1CCc2nnc(C)n2C1)N1CCN(c2cccs2)CC1. The van der Waals surface area contributed by atoms with E-state index in [-0.39, 0.29) is 0 Å². The summed E-state index contributed by atoms with van der Waals surface area (Å²) in [6, 6.07) is 4.33. The van der Waals surface area contributed by atoms with Crippen molar-refractivity contribution in [1.29, 1.82) is 0 Å². The smallest absolute Gasteiger partial charge is 0.193 e.